The zero-order valence-electron chi connectivity index (χ0n) is 7.02. The van der Waals surface area contributed by atoms with Crippen molar-refractivity contribution in [1.82, 2.24) is 0 Å². The lowest BCUT2D eigenvalue weighted by molar-refractivity contribution is 1.11. The molecule has 0 amide bonds. The molecule has 0 bridgehead atoms. The maximum atomic E-state index is 2.42. The highest BCUT2D eigenvalue weighted by atomic mass is 127. The predicted molar refractivity (Wildman–Crippen MR) is 62.3 cm³/mol. The van der Waals surface area contributed by atoms with Crippen LogP contribution in [0.25, 0.3) is 0 Å². The molecule has 1 aromatic rings. The van der Waals surface area contributed by atoms with Crippen molar-refractivity contribution >= 4 is 32.8 Å². The second kappa shape index (κ2) is 4.26. The van der Waals surface area contributed by atoms with Crippen LogP contribution in [0.15, 0.2) is 18.2 Å². The third kappa shape index (κ3) is 2.59. The van der Waals surface area contributed by atoms with Crippen LogP contribution in [0.2, 0.25) is 6.04 Å². The maximum absolute atomic E-state index is 2.42. The zero-order chi connectivity index (χ0) is 8.27. The molecule has 0 atom stereocenters. The smallest absolute Gasteiger partial charge is 0.0164 e. The van der Waals surface area contributed by atoms with Gasteiger partial charge in [0, 0.05) is 13.8 Å². The van der Waals surface area contributed by atoms with Crippen LogP contribution in [-0.4, -0.2) is 10.2 Å². The summed E-state index contributed by atoms with van der Waals surface area (Å²) in [6.07, 6.45) is 1.27. The molecule has 11 heavy (non-hydrogen) atoms. The van der Waals surface area contributed by atoms with Gasteiger partial charge in [0.1, 0.15) is 0 Å². The average Bonchev–Trinajstić information content (AvgIpc) is 1.95. The molecule has 0 aliphatic heterocycles. The Labute approximate surface area is 85.0 Å². The van der Waals surface area contributed by atoms with Gasteiger partial charge in [0.2, 0.25) is 0 Å². The summed E-state index contributed by atoms with van der Waals surface area (Å²) in [6, 6.07) is 8.09. The molecule has 0 unspecified atom stereocenters. The molecule has 0 spiro atoms. The second-order valence-electron chi connectivity index (χ2n) is 2.84. The molecule has 0 aromatic heterocycles. The Kier molecular flexibility index (Phi) is 3.58. The lowest BCUT2D eigenvalue weighted by Gasteiger charge is -2.02. The van der Waals surface area contributed by atoms with Gasteiger partial charge in [0.15, 0.2) is 0 Å². The molecule has 2 heteroatoms. The number of rotatable bonds is 2. The molecule has 0 nitrogen and oxygen atoms in total. The second-order valence-corrected chi connectivity index (χ2v) is 5.01. The maximum Gasteiger partial charge on any atom is 0.0164 e. The fourth-order valence-corrected chi connectivity index (χ4v) is 2.60. The normalized spacial score (nSPS) is 10.4. The fraction of sp³-hybridized carbons (Fsp3) is 0.333. The molecule has 0 N–H and O–H groups in total. The van der Waals surface area contributed by atoms with Crippen LogP contribution in [0.4, 0.5) is 0 Å². The van der Waals surface area contributed by atoms with Crippen molar-refractivity contribution in [2.24, 2.45) is 0 Å². The molecule has 0 aliphatic rings. The highest BCUT2D eigenvalue weighted by Gasteiger charge is 1.96. The first-order valence-corrected chi connectivity index (χ1v) is 6.48. The van der Waals surface area contributed by atoms with Crippen molar-refractivity contribution in [1.29, 1.82) is 0 Å². The van der Waals surface area contributed by atoms with E-state index in [-0.39, 0.29) is 0 Å². The van der Waals surface area contributed by atoms with E-state index in [0.717, 1.165) is 0 Å². The van der Waals surface area contributed by atoms with Crippen molar-refractivity contribution in [3.8, 4) is 0 Å². The van der Waals surface area contributed by atoms with Crippen LogP contribution < -0.4 is 0 Å². The Bertz CT molecular complexity index is 245. The minimum Gasteiger partial charge on any atom is -0.0618 e. The molecular weight excluding hydrogens is 263 g/mol. The number of benzene rings is 1. The summed E-state index contributed by atoms with van der Waals surface area (Å²) >= 11 is 2.42. The topological polar surface area (TPSA) is 0 Å². The lowest BCUT2D eigenvalue weighted by atomic mass is 10.1. The molecule has 0 fully saturated rings. The fourth-order valence-electron chi connectivity index (χ4n) is 1.12. The van der Waals surface area contributed by atoms with Gasteiger partial charge >= 0.3 is 0 Å². The average molecular weight is 276 g/mol. The van der Waals surface area contributed by atoms with Crippen molar-refractivity contribution in [2.45, 2.75) is 19.4 Å². The van der Waals surface area contributed by atoms with E-state index in [1.807, 2.05) is 0 Å². The molecule has 1 aromatic carbocycles. The first-order chi connectivity index (χ1) is 5.24. The monoisotopic (exact) mass is 276 g/mol. The Hall–Kier alpha value is 0.167. The highest BCUT2D eigenvalue weighted by Crippen LogP contribution is 2.15. The van der Waals surface area contributed by atoms with E-state index in [0.29, 0.717) is 0 Å². The van der Waals surface area contributed by atoms with Gasteiger partial charge in [-0.25, -0.2) is 0 Å². The summed E-state index contributed by atoms with van der Waals surface area (Å²) in [7, 11) is 1.32. The van der Waals surface area contributed by atoms with Crippen LogP contribution in [0.1, 0.15) is 11.1 Å². The quantitative estimate of drug-likeness (QED) is 0.572. The van der Waals surface area contributed by atoms with Gasteiger partial charge in [-0.2, -0.15) is 0 Å². The van der Waals surface area contributed by atoms with E-state index in [4.69, 9.17) is 0 Å². The number of halogens is 1. The standard InChI is InChI=1S/C9H13ISi/c1-7-2-3-8(4-5-11)9(10)6-7/h2-3,6H,4-5H2,1,11H3. The van der Waals surface area contributed by atoms with Gasteiger partial charge in [-0.3, -0.25) is 0 Å². The van der Waals surface area contributed by atoms with Crippen molar-refractivity contribution < 1.29 is 0 Å². The third-order valence-electron chi connectivity index (χ3n) is 1.73. The van der Waals surface area contributed by atoms with Gasteiger partial charge in [0.25, 0.3) is 0 Å². The van der Waals surface area contributed by atoms with Crippen LogP contribution in [0, 0.1) is 10.5 Å². The minimum absolute atomic E-state index is 1.27. The molecule has 0 saturated carbocycles. The molecule has 0 aliphatic carbocycles. The molecule has 60 valence electrons. The SMILES string of the molecule is Cc1ccc(CC[SiH3])c(I)c1. The molecule has 0 saturated heterocycles. The predicted octanol–water partition coefficient (Wildman–Crippen LogP) is 1.93. The minimum atomic E-state index is 1.27. The Morgan fingerprint density at radius 1 is 1.45 bits per heavy atom. The Morgan fingerprint density at radius 3 is 2.73 bits per heavy atom. The molecule has 0 heterocycles. The highest BCUT2D eigenvalue weighted by molar-refractivity contribution is 14.1. The summed E-state index contributed by atoms with van der Waals surface area (Å²) in [4.78, 5) is 0. The van der Waals surface area contributed by atoms with E-state index < -0.39 is 0 Å². The molecule has 0 radical (unpaired) electrons. The van der Waals surface area contributed by atoms with Gasteiger partial charge < -0.3 is 0 Å². The van der Waals surface area contributed by atoms with E-state index in [9.17, 15) is 0 Å². The van der Waals surface area contributed by atoms with Crippen molar-refractivity contribution in [3.63, 3.8) is 0 Å². The van der Waals surface area contributed by atoms with Crippen molar-refractivity contribution in [3.05, 3.63) is 32.9 Å². The summed E-state index contributed by atoms with van der Waals surface area (Å²) in [5.74, 6) is 0. The van der Waals surface area contributed by atoms with Crippen molar-refractivity contribution in [2.75, 3.05) is 0 Å². The van der Waals surface area contributed by atoms with Crippen LogP contribution in [-0.2, 0) is 6.42 Å². The van der Waals surface area contributed by atoms with Gasteiger partial charge in [-0.1, -0.05) is 23.7 Å². The van der Waals surface area contributed by atoms with Gasteiger partial charge in [-0.15, -0.1) is 0 Å². The Morgan fingerprint density at radius 2 is 2.18 bits per heavy atom. The van der Waals surface area contributed by atoms with Crippen LogP contribution in [0.3, 0.4) is 0 Å². The van der Waals surface area contributed by atoms with E-state index in [2.05, 4.69) is 47.7 Å². The molecule has 1 rings (SSSR count). The summed E-state index contributed by atoms with van der Waals surface area (Å²) < 4.78 is 1.43. The summed E-state index contributed by atoms with van der Waals surface area (Å²) in [5.41, 5.74) is 2.89. The van der Waals surface area contributed by atoms with Gasteiger partial charge in [0.05, 0.1) is 0 Å². The van der Waals surface area contributed by atoms with E-state index in [1.54, 1.807) is 0 Å². The van der Waals surface area contributed by atoms with E-state index in [1.165, 1.54) is 37.4 Å². The third-order valence-corrected chi connectivity index (χ3v) is 3.23. The van der Waals surface area contributed by atoms with Crippen LogP contribution in [0.5, 0.6) is 0 Å². The lowest BCUT2D eigenvalue weighted by Crippen LogP contribution is -1.88. The number of hydrogen-bond acceptors (Lipinski definition) is 0. The van der Waals surface area contributed by atoms with E-state index >= 15 is 0 Å². The first-order valence-electron chi connectivity index (χ1n) is 3.99. The largest absolute Gasteiger partial charge is 0.0618 e. The summed E-state index contributed by atoms with van der Waals surface area (Å²) in [6.45, 7) is 2.15. The van der Waals surface area contributed by atoms with Gasteiger partial charge in [-0.05, 0) is 47.6 Å². The number of aryl methyl sites for hydroxylation is 2. The first kappa shape index (κ1) is 9.26. The number of hydrogen-bond donors (Lipinski definition) is 0. The Balaban J connectivity index is 2.90. The molecular formula is C9H13ISi. The summed E-state index contributed by atoms with van der Waals surface area (Å²) in [5, 5.41) is 0. The zero-order valence-corrected chi connectivity index (χ0v) is 11.2. The van der Waals surface area contributed by atoms with Crippen LogP contribution >= 0.6 is 22.6 Å².